The average molecular weight is 467 g/mol. The Balaban J connectivity index is 1.71. The fourth-order valence-electron chi connectivity index (χ4n) is 3.13. The van der Waals surface area contributed by atoms with Gasteiger partial charge in [0, 0.05) is 42.7 Å². The topological polar surface area (TPSA) is 136 Å². The molecule has 2 heterocycles. The number of aryl methyl sites for hydroxylation is 1. The third kappa shape index (κ3) is 5.37. The van der Waals surface area contributed by atoms with Gasteiger partial charge in [0.25, 0.3) is 0 Å². The second kappa shape index (κ2) is 9.14. The monoisotopic (exact) mass is 467 g/mol. The molecule has 0 saturated carbocycles. The van der Waals surface area contributed by atoms with E-state index < -0.39 is 28.4 Å². The third-order valence-electron chi connectivity index (χ3n) is 4.70. The van der Waals surface area contributed by atoms with Gasteiger partial charge in [0.2, 0.25) is 5.82 Å². The Morgan fingerprint density at radius 1 is 1.21 bits per heavy atom. The number of carboxylic acids is 1. The number of pyridine rings is 1. The summed E-state index contributed by atoms with van der Waals surface area (Å²) >= 11 is 0. The summed E-state index contributed by atoms with van der Waals surface area (Å²) in [5.41, 5.74) is 3.46. The summed E-state index contributed by atoms with van der Waals surface area (Å²) in [6.45, 7) is 0.632. The summed E-state index contributed by atoms with van der Waals surface area (Å²) in [5, 5.41) is 23.1. The van der Waals surface area contributed by atoms with Crippen molar-refractivity contribution in [2.75, 3.05) is 17.6 Å². The zero-order valence-corrected chi connectivity index (χ0v) is 16.8. The van der Waals surface area contributed by atoms with E-state index in [1.54, 1.807) is 0 Å². The molecule has 0 spiro atoms. The van der Waals surface area contributed by atoms with Crippen molar-refractivity contribution in [2.24, 2.45) is 0 Å². The Morgan fingerprint density at radius 2 is 1.94 bits per heavy atom. The van der Waals surface area contributed by atoms with Gasteiger partial charge in [0.05, 0.1) is 16.1 Å². The van der Waals surface area contributed by atoms with Gasteiger partial charge in [-0.3, -0.25) is 10.1 Å². The van der Waals surface area contributed by atoms with E-state index in [0.29, 0.717) is 30.9 Å². The minimum atomic E-state index is -4.73. The highest BCUT2D eigenvalue weighted by molar-refractivity contribution is 5.96. The van der Waals surface area contributed by atoms with Crippen LogP contribution in [-0.4, -0.2) is 32.1 Å². The molecule has 0 fully saturated rings. The van der Waals surface area contributed by atoms with E-state index in [9.17, 15) is 37.6 Å². The van der Waals surface area contributed by atoms with Crippen LogP contribution < -0.4 is 11.1 Å². The van der Waals surface area contributed by atoms with Gasteiger partial charge in [0.15, 0.2) is 0 Å². The Kier molecular flexibility index (Phi) is 6.51. The molecule has 3 rings (SSSR count). The summed E-state index contributed by atoms with van der Waals surface area (Å²) in [7, 11) is 0. The Morgan fingerprint density at radius 3 is 2.52 bits per heavy atom. The molecule has 0 amide bonds. The van der Waals surface area contributed by atoms with Crippen molar-refractivity contribution >= 4 is 23.3 Å². The highest BCUT2D eigenvalue weighted by atomic mass is 19.4. The first kappa shape index (κ1) is 23.5. The highest BCUT2D eigenvalue weighted by Crippen LogP contribution is 2.34. The van der Waals surface area contributed by atoms with Crippen LogP contribution in [0.4, 0.5) is 34.9 Å². The predicted molar refractivity (Wildman–Crippen MR) is 110 cm³/mol. The van der Waals surface area contributed by atoms with E-state index in [-0.39, 0.29) is 34.7 Å². The first-order chi connectivity index (χ1) is 15.5. The molecule has 9 nitrogen and oxygen atoms in total. The number of rotatable bonds is 8. The lowest BCUT2D eigenvalue weighted by molar-refractivity contribution is -0.384. The van der Waals surface area contributed by atoms with E-state index in [1.165, 1.54) is 29.1 Å². The number of nitro groups is 1. The second-order valence-electron chi connectivity index (χ2n) is 6.96. The third-order valence-corrected chi connectivity index (χ3v) is 4.70. The van der Waals surface area contributed by atoms with Crippen LogP contribution in [-0.2, 0) is 12.7 Å². The Bertz CT molecular complexity index is 1210. The van der Waals surface area contributed by atoms with Crippen molar-refractivity contribution in [2.45, 2.75) is 19.1 Å². The number of carbonyl (C=O) groups is 1. The lowest BCUT2D eigenvalue weighted by Gasteiger charge is -2.09. The summed E-state index contributed by atoms with van der Waals surface area (Å²) < 4.78 is 54.2. The lowest BCUT2D eigenvalue weighted by Crippen LogP contribution is -2.08. The number of benzene rings is 1. The van der Waals surface area contributed by atoms with Crippen LogP contribution >= 0.6 is 0 Å². The molecule has 0 atom stereocenters. The number of aromatic carboxylic acids is 1. The molecule has 3 aromatic rings. The molecule has 4 N–H and O–H groups in total. The number of nitrogen functional groups attached to an aromatic ring is 1. The summed E-state index contributed by atoms with van der Waals surface area (Å²) in [6.07, 6.45) is -1.67. The molecular weight excluding hydrogens is 450 g/mol. The molecule has 2 aromatic heterocycles. The quantitative estimate of drug-likeness (QED) is 0.193. The number of hydrogen-bond acceptors (Lipinski definition) is 6. The number of carboxylic acid groups (broad SMARTS) is 1. The maximum atomic E-state index is 14.4. The number of nitrogens with zero attached hydrogens (tertiary/aromatic N) is 3. The number of hydrogen-bond donors (Lipinski definition) is 3. The van der Waals surface area contributed by atoms with E-state index >= 15 is 0 Å². The highest BCUT2D eigenvalue weighted by Gasteiger charge is 2.31. The minimum Gasteiger partial charge on any atom is -0.478 e. The molecule has 174 valence electrons. The fourth-order valence-corrected chi connectivity index (χ4v) is 3.13. The molecule has 0 aliphatic carbocycles. The smallest absolute Gasteiger partial charge is 0.416 e. The van der Waals surface area contributed by atoms with Crippen LogP contribution in [0.1, 0.15) is 22.3 Å². The molecular formula is C20H17F4N5O4. The first-order valence-corrected chi connectivity index (χ1v) is 9.42. The largest absolute Gasteiger partial charge is 0.478 e. The first-order valence-electron chi connectivity index (χ1n) is 9.42. The van der Waals surface area contributed by atoms with Crippen LogP contribution in [0.2, 0.25) is 0 Å². The van der Waals surface area contributed by atoms with Crippen LogP contribution in [0.15, 0.2) is 42.7 Å². The van der Waals surface area contributed by atoms with Crippen LogP contribution in [0, 0.1) is 15.9 Å². The molecule has 1 aromatic carbocycles. The van der Waals surface area contributed by atoms with Gasteiger partial charge in [-0.1, -0.05) is 6.07 Å². The van der Waals surface area contributed by atoms with E-state index in [2.05, 4.69) is 10.3 Å². The average Bonchev–Trinajstić information content (AvgIpc) is 3.14. The molecule has 0 unspecified atom stereocenters. The van der Waals surface area contributed by atoms with E-state index in [4.69, 9.17) is 5.73 Å². The second-order valence-corrected chi connectivity index (χ2v) is 6.96. The Hall–Kier alpha value is -4.16. The SMILES string of the molecule is Nc1nc(NCCCn2cc(C(=O)O)c(-c3ccc(C(F)(F)F)cc3F)c2)ccc1[N+](=O)[O-]. The number of aromatic nitrogens is 2. The number of nitrogens with two attached hydrogens (primary N) is 1. The lowest BCUT2D eigenvalue weighted by atomic mass is 10.0. The van der Waals surface area contributed by atoms with Gasteiger partial charge in [-0.25, -0.2) is 14.2 Å². The minimum absolute atomic E-state index is 0.0495. The van der Waals surface area contributed by atoms with Crippen molar-refractivity contribution in [3.05, 3.63) is 69.8 Å². The molecule has 0 radical (unpaired) electrons. The number of nitrogens with one attached hydrogen (secondary N) is 1. The number of anilines is 2. The molecule has 0 aliphatic heterocycles. The van der Waals surface area contributed by atoms with Crippen molar-refractivity contribution in [3.8, 4) is 11.1 Å². The van der Waals surface area contributed by atoms with Gasteiger partial charge >= 0.3 is 17.8 Å². The fraction of sp³-hybridized carbons (Fsp3) is 0.200. The van der Waals surface area contributed by atoms with Gasteiger partial charge in [-0.05, 0) is 24.6 Å². The van der Waals surface area contributed by atoms with Gasteiger partial charge in [0.1, 0.15) is 11.6 Å². The van der Waals surface area contributed by atoms with E-state index in [1.807, 2.05) is 0 Å². The predicted octanol–water partition coefficient (Wildman–Crippen LogP) is 4.40. The zero-order chi connectivity index (χ0) is 24.3. The van der Waals surface area contributed by atoms with Crippen LogP contribution in [0.3, 0.4) is 0 Å². The molecule has 0 aliphatic rings. The van der Waals surface area contributed by atoms with Crippen molar-refractivity contribution < 1.29 is 32.4 Å². The molecule has 0 bridgehead atoms. The maximum absolute atomic E-state index is 14.4. The molecule has 13 heteroatoms. The molecule has 0 saturated heterocycles. The van der Waals surface area contributed by atoms with Gasteiger partial charge in [-0.15, -0.1) is 0 Å². The summed E-state index contributed by atoms with van der Waals surface area (Å²) in [4.78, 5) is 25.5. The van der Waals surface area contributed by atoms with Crippen molar-refractivity contribution in [3.63, 3.8) is 0 Å². The number of alkyl halides is 3. The van der Waals surface area contributed by atoms with Gasteiger partial charge in [-0.2, -0.15) is 13.2 Å². The normalized spacial score (nSPS) is 11.4. The van der Waals surface area contributed by atoms with Crippen molar-refractivity contribution in [1.82, 2.24) is 9.55 Å². The van der Waals surface area contributed by atoms with Gasteiger partial charge < -0.3 is 20.7 Å². The zero-order valence-electron chi connectivity index (χ0n) is 16.8. The molecule has 33 heavy (non-hydrogen) atoms. The summed E-state index contributed by atoms with van der Waals surface area (Å²) in [6, 6.07) is 4.51. The number of halogens is 4. The van der Waals surface area contributed by atoms with Crippen LogP contribution in [0.25, 0.3) is 11.1 Å². The maximum Gasteiger partial charge on any atom is 0.416 e. The van der Waals surface area contributed by atoms with Crippen LogP contribution in [0.5, 0.6) is 0 Å². The van der Waals surface area contributed by atoms with E-state index in [0.717, 1.165) is 6.07 Å². The van der Waals surface area contributed by atoms with Crippen molar-refractivity contribution in [1.29, 1.82) is 0 Å². The standard InChI is InChI=1S/C20H17F4N5O4/c21-15-8-11(20(22,23)24)2-3-12(15)13-9-28(10-14(13)19(30)31)7-1-6-26-17-5-4-16(29(32)33)18(25)27-17/h2-5,8-10H,1,6-7H2,(H,30,31)(H3,25,26,27). The Labute approximate surface area is 183 Å². The summed E-state index contributed by atoms with van der Waals surface area (Å²) in [5.74, 6) is -2.48.